The first kappa shape index (κ1) is 9.65. The molecule has 2 heterocycles. The number of aromatic nitrogens is 3. The lowest BCUT2D eigenvalue weighted by atomic mass is 9.96. The van der Waals surface area contributed by atoms with E-state index in [4.69, 9.17) is 0 Å². The van der Waals surface area contributed by atoms with Gasteiger partial charge in [0, 0.05) is 13.0 Å². The largest absolute Gasteiger partial charge is 0.320 e. The maximum Gasteiger partial charge on any atom is 0.135 e. The van der Waals surface area contributed by atoms with E-state index in [2.05, 4.69) is 22.0 Å². The van der Waals surface area contributed by atoms with Crippen molar-refractivity contribution < 1.29 is 0 Å². The second kappa shape index (κ2) is 4.09. The van der Waals surface area contributed by atoms with Crippen LogP contribution in [-0.4, -0.2) is 39.3 Å². The monoisotopic (exact) mass is 194 g/mol. The normalized spacial score (nSPS) is 20.1. The van der Waals surface area contributed by atoms with Gasteiger partial charge in [-0.05, 0) is 32.5 Å². The number of nitrogens with zero attached hydrogens (tertiary/aromatic N) is 4. The summed E-state index contributed by atoms with van der Waals surface area (Å²) in [5, 5.41) is 8.12. The van der Waals surface area contributed by atoms with Crippen LogP contribution >= 0.6 is 0 Å². The Labute approximate surface area is 84.9 Å². The smallest absolute Gasteiger partial charge is 0.135 e. The predicted molar refractivity (Wildman–Crippen MR) is 55.1 cm³/mol. The molecule has 78 valence electrons. The molecule has 0 spiro atoms. The second-order valence-corrected chi connectivity index (χ2v) is 4.01. The summed E-state index contributed by atoms with van der Waals surface area (Å²) in [7, 11) is 2.03. The molecule has 1 saturated heterocycles. The maximum atomic E-state index is 4.18. The molecule has 0 saturated carbocycles. The Morgan fingerprint density at radius 2 is 2.14 bits per heavy atom. The Kier molecular flexibility index (Phi) is 2.82. The molecule has 0 radical (unpaired) electrons. The van der Waals surface area contributed by atoms with Gasteiger partial charge in [-0.2, -0.15) is 0 Å². The van der Waals surface area contributed by atoms with Crippen LogP contribution in [0, 0.1) is 0 Å². The van der Waals surface area contributed by atoms with Crippen LogP contribution in [0.5, 0.6) is 0 Å². The lowest BCUT2D eigenvalue weighted by Gasteiger charge is -2.30. The van der Waals surface area contributed by atoms with E-state index in [1.54, 1.807) is 6.33 Å². The highest BCUT2D eigenvalue weighted by Crippen LogP contribution is 2.25. The van der Waals surface area contributed by atoms with Gasteiger partial charge < -0.3 is 9.47 Å². The van der Waals surface area contributed by atoms with Gasteiger partial charge >= 0.3 is 0 Å². The Balaban J connectivity index is 1.99. The molecule has 14 heavy (non-hydrogen) atoms. The van der Waals surface area contributed by atoms with E-state index in [-0.39, 0.29) is 0 Å². The van der Waals surface area contributed by atoms with E-state index < -0.39 is 0 Å². The van der Waals surface area contributed by atoms with Crippen LogP contribution in [-0.2, 0) is 7.05 Å². The Bertz CT molecular complexity index is 286. The second-order valence-electron chi connectivity index (χ2n) is 4.01. The van der Waals surface area contributed by atoms with E-state index in [0.717, 1.165) is 5.82 Å². The Morgan fingerprint density at radius 1 is 1.43 bits per heavy atom. The minimum Gasteiger partial charge on any atom is -0.320 e. The summed E-state index contributed by atoms with van der Waals surface area (Å²) < 4.78 is 2.05. The van der Waals surface area contributed by atoms with Crippen LogP contribution < -0.4 is 0 Å². The minimum absolute atomic E-state index is 0.616. The van der Waals surface area contributed by atoms with Crippen LogP contribution in [0.2, 0.25) is 0 Å². The number of rotatable bonds is 2. The third-order valence-corrected chi connectivity index (χ3v) is 3.15. The predicted octanol–water partition coefficient (Wildman–Crippen LogP) is 1.01. The van der Waals surface area contributed by atoms with Crippen molar-refractivity contribution in [2.45, 2.75) is 25.7 Å². The molecule has 0 aliphatic carbocycles. The fourth-order valence-corrected chi connectivity index (χ4v) is 2.17. The van der Waals surface area contributed by atoms with Crippen molar-refractivity contribution >= 4 is 0 Å². The first-order valence-corrected chi connectivity index (χ1v) is 5.37. The van der Waals surface area contributed by atoms with Gasteiger partial charge in [0.25, 0.3) is 0 Å². The van der Waals surface area contributed by atoms with Crippen molar-refractivity contribution in [1.82, 2.24) is 19.7 Å². The lowest BCUT2D eigenvalue weighted by Crippen LogP contribution is -2.33. The van der Waals surface area contributed by atoms with Crippen molar-refractivity contribution in [2.24, 2.45) is 7.05 Å². The molecule has 0 atom stereocenters. The number of aryl methyl sites for hydroxylation is 1. The quantitative estimate of drug-likeness (QED) is 0.704. The van der Waals surface area contributed by atoms with Gasteiger partial charge in [0.1, 0.15) is 12.2 Å². The minimum atomic E-state index is 0.616. The maximum absolute atomic E-state index is 4.18. The van der Waals surface area contributed by atoms with Crippen LogP contribution in [0.1, 0.15) is 31.5 Å². The molecule has 4 heteroatoms. The van der Waals surface area contributed by atoms with Gasteiger partial charge in [0.2, 0.25) is 0 Å². The average Bonchev–Trinajstić information content (AvgIpc) is 2.65. The van der Waals surface area contributed by atoms with Gasteiger partial charge in [0.15, 0.2) is 0 Å². The number of likely N-dealkylation sites (tertiary alicyclic amines) is 1. The number of hydrogen-bond acceptors (Lipinski definition) is 3. The number of piperidine rings is 1. The molecule has 0 amide bonds. The third kappa shape index (κ3) is 1.80. The summed E-state index contributed by atoms with van der Waals surface area (Å²) >= 11 is 0. The van der Waals surface area contributed by atoms with Crippen molar-refractivity contribution in [3.8, 4) is 0 Å². The first-order valence-electron chi connectivity index (χ1n) is 5.37. The summed E-state index contributed by atoms with van der Waals surface area (Å²) in [6.07, 6.45) is 4.24. The molecule has 2 rings (SSSR count). The van der Waals surface area contributed by atoms with E-state index >= 15 is 0 Å². The molecule has 1 aliphatic heterocycles. The molecule has 0 aromatic carbocycles. The van der Waals surface area contributed by atoms with Crippen LogP contribution in [0.4, 0.5) is 0 Å². The van der Waals surface area contributed by atoms with Crippen LogP contribution in [0.15, 0.2) is 6.33 Å². The van der Waals surface area contributed by atoms with Gasteiger partial charge in [0.05, 0.1) is 0 Å². The standard InChI is InChI=1S/C10H18N4/c1-3-14-6-4-9(5-7-14)10-12-11-8-13(10)2/h8-9H,3-7H2,1-2H3. The van der Waals surface area contributed by atoms with Crippen molar-refractivity contribution in [1.29, 1.82) is 0 Å². The topological polar surface area (TPSA) is 34.0 Å². The molecule has 1 fully saturated rings. The molecule has 1 aliphatic rings. The zero-order chi connectivity index (χ0) is 9.97. The summed E-state index contributed by atoms with van der Waals surface area (Å²) in [5.74, 6) is 1.77. The van der Waals surface area contributed by atoms with Crippen LogP contribution in [0.25, 0.3) is 0 Å². The summed E-state index contributed by atoms with van der Waals surface area (Å²) in [6, 6.07) is 0. The molecular formula is C10H18N4. The lowest BCUT2D eigenvalue weighted by molar-refractivity contribution is 0.217. The first-order chi connectivity index (χ1) is 6.81. The van der Waals surface area contributed by atoms with Gasteiger partial charge in [-0.1, -0.05) is 6.92 Å². The summed E-state index contributed by atoms with van der Waals surface area (Å²) in [6.45, 7) is 5.80. The van der Waals surface area contributed by atoms with Crippen LogP contribution in [0.3, 0.4) is 0 Å². The summed E-state index contributed by atoms with van der Waals surface area (Å²) in [5.41, 5.74) is 0. The molecule has 1 aromatic rings. The van der Waals surface area contributed by atoms with Gasteiger partial charge in [-0.3, -0.25) is 0 Å². The van der Waals surface area contributed by atoms with E-state index in [9.17, 15) is 0 Å². The zero-order valence-corrected chi connectivity index (χ0v) is 8.98. The summed E-state index contributed by atoms with van der Waals surface area (Å²) in [4.78, 5) is 2.49. The van der Waals surface area contributed by atoms with Crippen molar-refractivity contribution in [2.75, 3.05) is 19.6 Å². The van der Waals surface area contributed by atoms with E-state index in [1.165, 1.54) is 32.5 Å². The molecular weight excluding hydrogens is 176 g/mol. The fraction of sp³-hybridized carbons (Fsp3) is 0.800. The van der Waals surface area contributed by atoms with E-state index in [1.807, 2.05) is 11.6 Å². The molecule has 4 nitrogen and oxygen atoms in total. The van der Waals surface area contributed by atoms with Crippen molar-refractivity contribution in [3.63, 3.8) is 0 Å². The highest BCUT2D eigenvalue weighted by molar-refractivity contribution is 4.98. The molecule has 0 bridgehead atoms. The van der Waals surface area contributed by atoms with Gasteiger partial charge in [-0.15, -0.1) is 10.2 Å². The Morgan fingerprint density at radius 3 is 2.64 bits per heavy atom. The van der Waals surface area contributed by atoms with E-state index in [0.29, 0.717) is 5.92 Å². The zero-order valence-electron chi connectivity index (χ0n) is 8.98. The average molecular weight is 194 g/mol. The van der Waals surface area contributed by atoms with Crippen molar-refractivity contribution in [3.05, 3.63) is 12.2 Å². The Hall–Kier alpha value is -0.900. The fourth-order valence-electron chi connectivity index (χ4n) is 2.17. The van der Waals surface area contributed by atoms with Gasteiger partial charge in [-0.25, -0.2) is 0 Å². The molecule has 0 unspecified atom stereocenters. The number of hydrogen-bond donors (Lipinski definition) is 0. The SMILES string of the molecule is CCN1CCC(c2nncn2C)CC1. The molecule has 1 aromatic heterocycles. The third-order valence-electron chi connectivity index (χ3n) is 3.15. The highest BCUT2D eigenvalue weighted by atomic mass is 15.3. The molecule has 0 N–H and O–H groups in total. The highest BCUT2D eigenvalue weighted by Gasteiger charge is 2.22.